The summed E-state index contributed by atoms with van der Waals surface area (Å²) in [7, 11) is 0. The Morgan fingerprint density at radius 3 is 2.81 bits per heavy atom. The van der Waals surface area contributed by atoms with E-state index in [9.17, 15) is 20.0 Å². The fourth-order valence-corrected chi connectivity index (χ4v) is 4.55. The van der Waals surface area contributed by atoms with Crippen LogP contribution in [-0.2, 0) is 11.3 Å². The molecule has 3 aromatic rings. The van der Waals surface area contributed by atoms with Crippen molar-refractivity contribution in [3.05, 3.63) is 56.8 Å². The van der Waals surface area contributed by atoms with E-state index >= 15 is 0 Å². The molecule has 6 nitrogen and oxygen atoms in total. The molecule has 3 rings (SSSR count). The summed E-state index contributed by atoms with van der Waals surface area (Å²) >= 11 is 8.17. The van der Waals surface area contributed by atoms with Crippen LogP contribution < -0.4 is 10.9 Å². The Morgan fingerprint density at radius 2 is 2.12 bits per heavy atom. The molecule has 0 radical (unpaired) electrons. The summed E-state index contributed by atoms with van der Waals surface area (Å²) in [5.41, 5.74) is 0.997. The summed E-state index contributed by atoms with van der Waals surface area (Å²) in [4.78, 5) is 26.1. The lowest BCUT2D eigenvalue weighted by molar-refractivity contribution is -0.118. The number of nitrogens with zero attached hydrogens (tertiary/aromatic N) is 1. The third kappa shape index (κ3) is 4.02. The number of thioether (sulfide) groups is 1. The van der Waals surface area contributed by atoms with Crippen LogP contribution in [0.1, 0.15) is 11.1 Å². The number of rotatable bonds is 5. The van der Waals surface area contributed by atoms with E-state index in [-0.39, 0.29) is 23.0 Å². The maximum Gasteiger partial charge on any atom is 0.252 e. The number of aromatic hydroxyl groups is 1. The molecule has 0 unspecified atom stereocenters. The van der Waals surface area contributed by atoms with Gasteiger partial charge in [0.2, 0.25) is 5.91 Å². The highest BCUT2D eigenvalue weighted by molar-refractivity contribution is 8.02. The Kier molecular flexibility index (Phi) is 5.52. The zero-order chi connectivity index (χ0) is 18.7. The van der Waals surface area contributed by atoms with Gasteiger partial charge in [0.25, 0.3) is 5.56 Å². The van der Waals surface area contributed by atoms with Crippen LogP contribution in [-0.4, -0.2) is 21.8 Å². The highest BCUT2D eigenvalue weighted by Gasteiger charge is 2.17. The van der Waals surface area contributed by atoms with Gasteiger partial charge in [-0.25, -0.2) is 0 Å². The number of hydrogen-bond donors (Lipinski definition) is 3. The third-order valence-corrected chi connectivity index (χ3v) is 6.21. The molecule has 0 bridgehead atoms. The minimum Gasteiger partial charge on any atom is -0.506 e. The summed E-state index contributed by atoms with van der Waals surface area (Å²) in [6.45, 7) is 0.377. The van der Waals surface area contributed by atoms with Crippen LogP contribution in [0.4, 0.5) is 0 Å². The van der Waals surface area contributed by atoms with Crippen LogP contribution in [0.3, 0.4) is 0 Å². The van der Waals surface area contributed by atoms with Gasteiger partial charge in [-0.05, 0) is 17.7 Å². The highest BCUT2D eigenvalue weighted by atomic mass is 35.5. The van der Waals surface area contributed by atoms with Gasteiger partial charge in [0.1, 0.15) is 17.4 Å². The third-order valence-electron chi connectivity index (χ3n) is 3.47. The molecule has 0 aliphatic carbocycles. The largest absolute Gasteiger partial charge is 0.506 e. The molecule has 1 amide bonds. The fourth-order valence-electron chi connectivity index (χ4n) is 2.25. The number of carbonyl (C=O) groups excluding carboxylic acids is 1. The Balaban J connectivity index is 1.68. The van der Waals surface area contributed by atoms with Crippen LogP contribution in [0, 0.1) is 11.3 Å². The summed E-state index contributed by atoms with van der Waals surface area (Å²) in [6, 6.07) is 10.2. The molecule has 0 saturated heterocycles. The predicted molar refractivity (Wildman–Crippen MR) is 103 cm³/mol. The van der Waals surface area contributed by atoms with Crippen LogP contribution in [0.25, 0.3) is 10.2 Å². The first-order valence-corrected chi connectivity index (χ1v) is 9.58. The molecule has 0 saturated carbocycles. The SMILES string of the molecule is N#Cc1c(SCC(=O)NCc2ccc(Cl)cc2)sc2c(O)cc(=O)[nH]c12. The lowest BCUT2D eigenvalue weighted by Gasteiger charge is -2.05. The Morgan fingerprint density at radius 1 is 1.38 bits per heavy atom. The van der Waals surface area contributed by atoms with Crippen molar-refractivity contribution in [3.8, 4) is 11.8 Å². The number of carbonyl (C=O) groups is 1. The van der Waals surface area contributed by atoms with Gasteiger partial charge in [-0.15, -0.1) is 23.1 Å². The van der Waals surface area contributed by atoms with Crippen LogP contribution in [0.2, 0.25) is 5.02 Å². The van der Waals surface area contributed by atoms with E-state index in [1.807, 2.05) is 18.2 Å². The summed E-state index contributed by atoms with van der Waals surface area (Å²) in [6.07, 6.45) is 0. The quantitative estimate of drug-likeness (QED) is 0.565. The van der Waals surface area contributed by atoms with E-state index in [2.05, 4.69) is 10.3 Å². The van der Waals surface area contributed by atoms with E-state index < -0.39 is 5.56 Å². The number of nitrogens with one attached hydrogen (secondary N) is 2. The van der Waals surface area contributed by atoms with Gasteiger partial charge in [-0.2, -0.15) is 5.26 Å². The molecular weight excluding hydrogens is 394 g/mol. The first-order valence-electron chi connectivity index (χ1n) is 7.40. The van der Waals surface area contributed by atoms with Gasteiger partial charge in [-0.3, -0.25) is 9.59 Å². The molecule has 0 fully saturated rings. The molecule has 2 aromatic heterocycles. The van der Waals surface area contributed by atoms with Crippen molar-refractivity contribution in [2.45, 2.75) is 10.8 Å². The molecule has 0 aliphatic rings. The maximum atomic E-state index is 12.0. The molecule has 0 aliphatic heterocycles. The molecule has 26 heavy (non-hydrogen) atoms. The van der Waals surface area contributed by atoms with Gasteiger partial charge in [-0.1, -0.05) is 23.7 Å². The van der Waals surface area contributed by atoms with Crippen LogP contribution in [0.15, 0.2) is 39.3 Å². The predicted octanol–water partition coefficient (Wildman–Crippen LogP) is 3.23. The molecule has 9 heteroatoms. The van der Waals surface area contributed by atoms with Crippen LogP contribution in [0.5, 0.6) is 5.75 Å². The van der Waals surface area contributed by atoms with E-state index in [4.69, 9.17) is 11.6 Å². The topological polar surface area (TPSA) is 106 Å². The molecule has 0 atom stereocenters. The summed E-state index contributed by atoms with van der Waals surface area (Å²) < 4.78 is 0.992. The number of H-pyrrole nitrogens is 1. The summed E-state index contributed by atoms with van der Waals surface area (Å²) in [5, 5.41) is 22.7. The average Bonchev–Trinajstić information content (AvgIpc) is 2.97. The molecule has 2 heterocycles. The number of halogens is 1. The van der Waals surface area contributed by atoms with Crippen molar-refractivity contribution in [2.75, 3.05) is 5.75 Å². The standard InChI is InChI=1S/C17H12ClN3O3S2/c18-10-3-1-9(2-4-10)7-20-14(24)8-25-17-11(6-19)15-16(26-17)12(22)5-13(23)21-15/h1-5H,7-8H2,(H,20,24)(H2,21,22,23). The Bertz CT molecular complexity index is 1070. The number of nitriles is 1. The Hall–Kier alpha value is -2.47. The Labute approximate surface area is 161 Å². The monoisotopic (exact) mass is 405 g/mol. The first-order chi connectivity index (χ1) is 12.5. The fraction of sp³-hybridized carbons (Fsp3) is 0.118. The van der Waals surface area contributed by atoms with Gasteiger partial charge < -0.3 is 15.4 Å². The lowest BCUT2D eigenvalue weighted by Crippen LogP contribution is -2.24. The first kappa shape index (κ1) is 18.3. The smallest absolute Gasteiger partial charge is 0.252 e. The second kappa shape index (κ2) is 7.83. The zero-order valence-corrected chi connectivity index (χ0v) is 15.6. The highest BCUT2D eigenvalue weighted by Crippen LogP contribution is 2.39. The van der Waals surface area contributed by atoms with Crippen molar-refractivity contribution in [2.24, 2.45) is 0 Å². The van der Waals surface area contributed by atoms with E-state index in [1.165, 1.54) is 23.1 Å². The number of benzene rings is 1. The van der Waals surface area contributed by atoms with Crippen LogP contribution >= 0.6 is 34.7 Å². The van der Waals surface area contributed by atoms with E-state index in [1.54, 1.807) is 12.1 Å². The number of pyridine rings is 1. The van der Waals surface area contributed by atoms with Crippen molar-refractivity contribution >= 4 is 50.8 Å². The lowest BCUT2D eigenvalue weighted by atomic mass is 10.2. The minimum atomic E-state index is -0.485. The van der Waals surface area contributed by atoms with Crippen molar-refractivity contribution in [1.82, 2.24) is 10.3 Å². The second-order valence-corrected chi connectivity index (χ2v) is 7.99. The number of fused-ring (bicyclic) bond motifs is 1. The van der Waals surface area contributed by atoms with Gasteiger partial charge in [0, 0.05) is 17.6 Å². The molecule has 132 valence electrons. The maximum absolute atomic E-state index is 12.0. The van der Waals surface area contributed by atoms with Gasteiger partial charge in [0.15, 0.2) is 0 Å². The number of aromatic amines is 1. The van der Waals surface area contributed by atoms with Crippen molar-refractivity contribution in [1.29, 1.82) is 5.26 Å². The van der Waals surface area contributed by atoms with E-state index in [0.29, 0.717) is 26.0 Å². The molecule has 0 spiro atoms. The average molecular weight is 406 g/mol. The zero-order valence-electron chi connectivity index (χ0n) is 13.2. The van der Waals surface area contributed by atoms with Crippen molar-refractivity contribution in [3.63, 3.8) is 0 Å². The van der Waals surface area contributed by atoms with E-state index in [0.717, 1.165) is 11.6 Å². The second-order valence-electron chi connectivity index (χ2n) is 5.29. The number of hydrogen-bond acceptors (Lipinski definition) is 6. The van der Waals surface area contributed by atoms with Gasteiger partial charge >= 0.3 is 0 Å². The number of amides is 1. The minimum absolute atomic E-state index is 0.111. The normalized spacial score (nSPS) is 10.6. The van der Waals surface area contributed by atoms with Gasteiger partial charge in [0.05, 0.1) is 20.2 Å². The molecule has 3 N–H and O–H groups in total. The summed E-state index contributed by atoms with van der Waals surface area (Å²) in [5.74, 6) is -0.256. The molecule has 1 aromatic carbocycles. The van der Waals surface area contributed by atoms with Crippen molar-refractivity contribution < 1.29 is 9.90 Å². The molecular formula is C17H12ClN3O3S2. The number of thiophene rings is 1. The number of aromatic nitrogens is 1.